The van der Waals surface area contributed by atoms with Crippen LogP contribution >= 0.6 is 0 Å². The largest absolute Gasteiger partial charge is 0.507 e. The predicted molar refractivity (Wildman–Crippen MR) is 293 cm³/mol. The van der Waals surface area contributed by atoms with Gasteiger partial charge in [-0.2, -0.15) is 0 Å². The summed E-state index contributed by atoms with van der Waals surface area (Å²) in [6, 6.07) is 58.8. The van der Waals surface area contributed by atoms with Gasteiger partial charge in [0.05, 0.1) is 22.3 Å². The molecular weight excluding hydrogens is 1050 g/mol. The Hall–Kier alpha value is -6.35. The number of hydrogen-bond donors (Lipinski definition) is 1. The summed E-state index contributed by atoms with van der Waals surface area (Å²) >= 11 is 0. The zero-order chi connectivity index (χ0) is 49.7. The number of phenols is 1. The van der Waals surface area contributed by atoms with Gasteiger partial charge in [-0.3, -0.25) is 9.55 Å². The Bertz CT molecular complexity index is 3480. The first-order valence-corrected chi connectivity index (χ1v) is 24.9. The number of aromatic hydroxyl groups is 1. The third-order valence-corrected chi connectivity index (χ3v) is 15.0. The minimum absolute atomic E-state index is 0. The van der Waals surface area contributed by atoms with Gasteiger partial charge in [-0.05, 0) is 91.1 Å². The molecule has 0 amide bonds. The minimum atomic E-state index is -0.380. The molecule has 0 aliphatic heterocycles. The smallest absolute Gasteiger partial charge is 0.148 e. The molecule has 0 bridgehead atoms. The van der Waals surface area contributed by atoms with E-state index in [1.54, 1.807) is 0 Å². The molecule has 0 saturated heterocycles. The molecule has 362 valence electrons. The minimum Gasteiger partial charge on any atom is -0.507 e. The van der Waals surface area contributed by atoms with E-state index in [1.807, 2.05) is 6.20 Å². The molecule has 9 aromatic rings. The number of fused-ring (bicyclic) bond motifs is 4. The Balaban J connectivity index is 0.00000624. The molecule has 0 radical (unpaired) electrons. The first kappa shape index (κ1) is 49.6. The van der Waals surface area contributed by atoms with Crippen LogP contribution in [-0.4, -0.2) is 19.6 Å². The summed E-state index contributed by atoms with van der Waals surface area (Å²) in [5, 5.41) is 12.7. The number of hydrogen-bond acceptors (Lipinski definition) is 3. The summed E-state index contributed by atoms with van der Waals surface area (Å²) in [5.41, 5.74) is 18.8. The van der Waals surface area contributed by atoms with Gasteiger partial charge in [-0.25, -0.2) is 4.98 Å². The molecule has 1 N–H and O–H groups in total. The van der Waals surface area contributed by atoms with Crippen molar-refractivity contribution in [2.75, 3.05) is 0 Å². The number of benzene rings is 7. The molecule has 7 aromatic carbocycles. The zero-order valence-corrected chi connectivity index (χ0v) is 45.9. The molecule has 0 unspecified atom stereocenters. The second kappa shape index (κ2) is 17.7. The van der Waals surface area contributed by atoms with Crippen molar-refractivity contribution in [3.8, 4) is 67.5 Å². The fourth-order valence-electron chi connectivity index (χ4n) is 10.7. The fourth-order valence-corrected chi connectivity index (χ4v) is 10.7. The average Bonchev–Trinajstić information content (AvgIpc) is 3.83. The van der Waals surface area contributed by atoms with Crippen LogP contribution in [0.2, 0.25) is 0 Å². The summed E-state index contributed by atoms with van der Waals surface area (Å²) in [5.74, 6) is 0.929. The van der Waals surface area contributed by atoms with Crippen molar-refractivity contribution in [2.24, 2.45) is 0 Å². The van der Waals surface area contributed by atoms with E-state index in [0.717, 1.165) is 66.9 Å². The van der Waals surface area contributed by atoms with Gasteiger partial charge in [0.1, 0.15) is 11.6 Å². The maximum Gasteiger partial charge on any atom is 0.148 e. The van der Waals surface area contributed by atoms with Crippen molar-refractivity contribution in [1.29, 1.82) is 0 Å². The van der Waals surface area contributed by atoms with E-state index in [-0.39, 0.29) is 53.9 Å². The molecule has 0 saturated carbocycles. The van der Waals surface area contributed by atoms with Crippen LogP contribution in [0.3, 0.4) is 0 Å². The molecule has 5 heteroatoms. The number of phenolic OH excluding ortho intramolecular Hbond substituents is 1. The summed E-state index contributed by atoms with van der Waals surface area (Å²) < 4.78 is 2.30. The van der Waals surface area contributed by atoms with Crippen molar-refractivity contribution >= 4 is 11.0 Å². The Labute approximate surface area is 436 Å². The van der Waals surface area contributed by atoms with Gasteiger partial charge in [0.15, 0.2) is 0 Å². The van der Waals surface area contributed by atoms with Crippen LogP contribution in [0.5, 0.6) is 5.75 Å². The number of aromatic nitrogens is 3. The molecule has 1 aliphatic rings. The first-order chi connectivity index (χ1) is 33.0. The Kier molecular flexibility index (Phi) is 12.4. The maximum atomic E-state index is 12.7. The number of rotatable bonds is 7. The molecular formula is C66H66N3OPt-. The van der Waals surface area contributed by atoms with Crippen molar-refractivity contribution < 1.29 is 26.2 Å². The number of nitrogens with zero attached hydrogens (tertiary/aromatic N) is 3. The van der Waals surface area contributed by atoms with Crippen LogP contribution < -0.4 is 0 Å². The van der Waals surface area contributed by atoms with Gasteiger partial charge in [0.25, 0.3) is 0 Å². The van der Waals surface area contributed by atoms with Gasteiger partial charge in [0.2, 0.25) is 0 Å². The molecule has 2 heterocycles. The van der Waals surface area contributed by atoms with Gasteiger partial charge >= 0.3 is 0 Å². The second-order valence-electron chi connectivity index (χ2n) is 23.7. The SMILES string of the molecule is CC(C)(C)c1ccc(-n2c(-c3cc(C(C)(C)C)cc(C(C)(C)C)c3O)nc3c(-c4[c-]c(-c5nccc6c5-c5ccccc5C6(C)C)cc(C(C)(C)c5ccccc5)c4)cccc32)c(-c2ccccc2)c1.[Pt]. The van der Waals surface area contributed by atoms with E-state index in [2.05, 4.69) is 252 Å². The van der Waals surface area contributed by atoms with Crippen LogP contribution in [-0.2, 0) is 48.1 Å². The molecule has 1 aliphatic carbocycles. The Morgan fingerprint density at radius 1 is 0.521 bits per heavy atom. The monoisotopic (exact) mass is 1110 g/mol. The number of pyridine rings is 1. The van der Waals surface area contributed by atoms with Gasteiger partial charge in [0, 0.05) is 54.9 Å². The van der Waals surface area contributed by atoms with E-state index in [9.17, 15) is 5.11 Å². The van der Waals surface area contributed by atoms with Crippen molar-refractivity contribution in [3.05, 3.63) is 203 Å². The molecule has 4 nitrogen and oxygen atoms in total. The molecule has 0 atom stereocenters. The summed E-state index contributed by atoms with van der Waals surface area (Å²) in [6.07, 6.45) is 1.97. The predicted octanol–water partition coefficient (Wildman–Crippen LogP) is 17.1. The van der Waals surface area contributed by atoms with Gasteiger partial charge in [-0.1, -0.05) is 210 Å². The molecule has 0 spiro atoms. The average molecular weight is 1110 g/mol. The van der Waals surface area contributed by atoms with Crippen molar-refractivity contribution in [1.82, 2.24) is 14.5 Å². The molecule has 10 rings (SSSR count). The van der Waals surface area contributed by atoms with E-state index < -0.39 is 0 Å². The standard InChI is InChI=1S/C66H66N3O.Pt/c1-62(2,3)45-31-32-55(50(38-45)41-23-16-14-17-24-41)69-56-30-22-28-48(59(56)68-61(69)51-39-46(63(4,5)6)40-54(60(51)70)64(7,8)9)42-35-43(37-47(36-42)65(10,11)44-25-18-15-19-26-44)58-57-49-27-20-21-29-52(49)66(12,13)53(57)33-34-67-58;/h14-34,36-40,70H,1-13H3;/q-1;. The van der Waals surface area contributed by atoms with E-state index in [1.165, 1.54) is 33.4 Å². The summed E-state index contributed by atoms with van der Waals surface area (Å²) in [7, 11) is 0. The van der Waals surface area contributed by atoms with Crippen LogP contribution in [0.15, 0.2) is 158 Å². The molecule has 2 aromatic heterocycles. The van der Waals surface area contributed by atoms with Crippen molar-refractivity contribution in [2.45, 2.75) is 117 Å². The molecule has 71 heavy (non-hydrogen) atoms. The van der Waals surface area contributed by atoms with Crippen LogP contribution in [0.4, 0.5) is 0 Å². The van der Waals surface area contributed by atoms with Crippen LogP contribution in [0.25, 0.3) is 72.7 Å². The van der Waals surface area contributed by atoms with Gasteiger partial charge < -0.3 is 5.11 Å². The fraction of sp³-hybridized carbons (Fsp3) is 0.273. The maximum absolute atomic E-state index is 12.7. The number of imidazole rings is 1. The van der Waals surface area contributed by atoms with Crippen LogP contribution in [0.1, 0.15) is 129 Å². The van der Waals surface area contributed by atoms with E-state index >= 15 is 0 Å². The third-order valence-electron chi connectivity index (χ3n) is 15.0. The Morgan fingerprint density at radius 3 is 1.82 bits per heavy atom. The van der Waals surface area contributed by atoms with Gasteiger partial charge in [-0.15, -0.1) is 29.3 Å². The van der Waals surface area contributed by atoms with Crippen molar-refractivity contribution in [3.63, 3.8) is 0 Å². The van der Waals surface area contributed by atoms with Crippen LogP contribution in [0, 0.1) is 6.07 Å². The normalized spacial score (nSPS) is 13.5. The first-order valence-electron chi connectivity index (χ1n) is 24.9. The topological polar surface area (TPSA) is 50.9 Å². The second-order valence-corrected chi connectivity index (χ2v) is 23.7. The van der Waals surface area contributed by atoms with E-state index in [4.69, 9.17) is 9.97 Å². The molecule has 0 fully saturated rings. The number of para-hydroxylation sites is 1. The summed E-state index contributed by atoms with van der Waals surface area (Å²) in [6.45, 7) is 29.3. The quantitative estimate of drug-likeness (QED) is 0.162. The third kappa shape index (κ3) is 8.61. The Morgan fingerprint density at radius 2 is 1.14 bits per heavy atom. The summed E-state index contributed by atoms with van der Waals surface area (Å²) in [4.78, 5) is 11.0. The zero-order valence-electron chi connectivity index (χ0n) is 43.6. The van der Waals surface area contributed by atoms with E-state index in [0.29, 0.717) is 11.4 Å².